The van der Waals surface area contributed by atoms with Crippen molar-refractivity contribution in [2.45, 2.75) is 64.0 Å². The molecule has 1 saturated heterocycles. The minimum absolute atomic E-state index is 0. The van der Waals surface area contributed by atoms with Gasteiger partial charge in [-0.3, -0.25) is 4.90 Å². The Labute approximate surface area is 175 Å². The summed E-state index contributed by atoms with van der Waals surface area (Å²) in [4.78, 5) is 3.62. The SMILES string of the molecule is COc1cc(C)ccc1C(=S)N[C@H]1CCN(C2C3CCCC2CCC3)C1.Cl. The molecule has 0 aromatic heterocycles. The molecule has 1 heterocycles. The van der Waals surface area contributed by atoms with Gasteiger partial charge >= 0.3 is 0 Å². The third kappa shape index (κ3) is 4.44. The van der Waals surface area contributed by atoms with Crippen LogP contribution in [0.2, 0.25) is 0 Å². The van der Waals surface area contributed by atoms with Crippen LogP contribution in [-0.2, 0) is 0 Å². The molecule has 27 heavy (non-hydrogen) atoms. The van der Waals surface area contributed by atoms with Crippen LogP contribution in [0.5, 0.6) is 5.75 Å². The van der Waals surface area contributed by atoms with Gasteiger partial charge in [0.25, 0.3) is 0 Å². The molecule has 2 aliphatic carbocycles. The van der Waals surface area contributed by atoms with E-state index in [2.05, 4.69) is 35.3 Å². The smallest absolute Gasteiger partial charge is 0.129 e. The van der Waals surface area contributed by atoms with Crippen LogP contribution in [0.15, 0.2) is 18.2 Å². The van der Waals surface area contributed by atoms with Gasteiger partial charge in [0, 0.05) is 25.2 Å². The van der Waals surface area contributed by atoms with Crippen LogP contribution in [0.1, 0.15) is 56.1 Å². The van der Waals surface area contributed by atoms with E-state index >= 15 is 0 Å². The molecule has 1 atom stereocenters. The van der Waals surface area contributed by atoms with Crippen LogP contribution in [0, 0.1) is 18.8 Å². The molecule has 1 aromatic carbocycles. The van der Waals surface area contributed by atoms with Gasteiger partial charge in [0.15, 0.2) is 0 Å². The molecule has 1 N–H and O–H groups in total. The molecule has 0 unspecified atom stereocenters. The lowest BCUT2D eigenvalue weighted by molar-refractivity contribution is 0.0350. The van der Waals surface area contributed by atoms with Crippen molar-refractivity contribution < 1.29 is 4.74 Å². The van der Waals surface area contributed by atoms with Gasteiger partial charge in [0.2, 0.25) is 0 Å². The number of rotatable bonds is 4. The normalized spacial score (nSPS) is 30.4. The Hall–Kier alpha value is -0.840. The molecule has 5 heteroatoms. The zero-order valence-corrected chi connectivity index (χ0v) is 18.2. The number of benzene rings is 1. The number of thiocarbonyl (C=S) groups is 1. The third-order valence-electron chi connectivity index (χ3n) is 6.84. The lowest BCUT2D eigenvalue weighted by Crippen LogP contribution is -2.50. The number of halogens is 1. The van der Waals surface area contributed by atoms with Gasteiger partial charge in [-0.1, -0.05) is 31.1 Å². The highest BCUT2D eigenvalue weighted by molar-refractivity contribution is 7.80. The second kappa shape index (κ2) is 9.11. The van der Waals surface area contributed by atoms with Crippen molar-refractivity contribution in [1.29, 1.82) is 0 Å². The second-order valence-electron chi connectivity index (χ2n) is 8.53. The maximum Gasteiger partial charge on any atom is 0.129 e. The second-order valence-corrected chi connectivity index (χ2v) is 8.94. The summed E-state index contributed by atoms with van der Waals surface area (Å²) >= 11 is 5.72. The average molecular weight is 409 g/mol. The Balaban J connectivity index is 0.00000210. The van der Waals surface area contributed by atoms with Crippen LogP contribution in [-0.4, -0.2) is 42.2 Å². The minimum atomic E-state index is 0. The molecule has 0 amide bonds. The quantitative estimate of drug-likeness (QED) is 0.727. The molecule has 2 saturated carbocycles. The molecule has 0 spiro atoms. The molecule has 3 fully saturated rings. The number of fused-ring (bicyclic) bond motifs is 2. The van der Waals surface area contributed by atoms with Gasteiger partial charge in [-0.25, -0.2) is 0 Å². The van der Waals surface area contributed by atoms with Gasteiger partial charge in [0.05, 0.1) is 12.7 Å². The Bertz CT molecular complexity index is 646. The van der Waals surface area contributed by atoms with Gasteiger partial charge in [0.1, 0.15) is 10.7 Å². The number of nitrogens with one attached hydrogen (secondary N) is 1. The lowest BCUT2D eigenvalue weighted by Gasteiger charge is -2.47. The first kappa shape index (κ1) is 20.9. The highest BCUT2D eigenvalue weighted by atomic mass is 35.5. The van der Waals surface area contributed by atoms with Crippen molar-refractivity contribution in [2.75, 3.05) is 20.2 Å². The minimum Gasteiger partial charge on any atom is -0.496 e. The van der Waals surface area contributed by atoms with E-state index in [-0.39, 0.29) is 12.4 Å². The molecule has 0 radical (unpaired) electrons. The molecular formula is C22H33ClN2OS. The third-order valence-corrected chi connectivity index (χ3v) is 7.18. The molecule has 1 aliphatic heterocycles. The van der Waals surface area contributed by atoms with Crippen LogP contribution in [0.4, 0.5) is 0 Å². The van der Waals surface area contributed by atoms with E-state index < -0.39 is 0 Å². The maximum atomic E-state index is 5.72. The van der Waals surface area contributed by atoms with Gasteiger partial charge < -0.3 is 10.1 Å². The number of hydrogen-bond acceptors (Lipinski definition) is 3. The van der Waals surface area contributed by atoms with Crippen molar-refractivity contribution in [2.24, 2.45) is 11.8 Å². The Morgan fingerprint density at radius 1 is 1.11 bits per heavy atom. The number of methoxy groups -OCH3 is 1. The fraction of sp³-hybridized carbons (Fsp3) is 0.682. The highest BCUT2D eigenvalue weighted by Gasteiger charge is 2.41. The standard InChI is InChI=1S/C22H32N2OS.ClH/c1-15-9-10-19(20(13-15)25-2)22(26)23-18-11-12-24(14-18)21-16-5-3-6-17(21)8-4-7-16;/h9-10,13,16-18,21H,3-8,11-12,14H2,1-2H3,(H,23,26);1H/t16?,17?,18-,21?;/m0./s1. The predicted molar refractivity (Wildman–Crippen MR) is 118 cm³/mol. The molecule has 3 nitrogen and oxygen atoms in total. The van der Waals surface area contributed by atoms with Gasteiger partial charge in [-0.15, -0.1) is 12.4 Å². The van der Waals surface area contributed by atoms with Crippen molar-refractivity contribution in [1.82, 2.24) is 10.2 Å². The van der Waals surface area contributed by atoms with E-state index in [1.54, 1.807) is 7.11 Å². The Morgan fingerprint density at radius 3 is 2.41 bits per heavy atom. The van der Waals surface area contributed by atoms with Gasteiger partial charge in [-0.05, 0) is 68.6 Å². The summed E-state index contributed by atoms with van der Waals surface area (Å²) in [5, 5.41) is 3.63. The van der Waals surface area contributed by atoms with Crippen LogP contribution in [0.3, 0.4) is 0 Å². The monoisotopic (exact) mass is 408 g/mol. The summed E-state index contributed by atoms with van der Waals surface area (Å²) in [5.41, 5.74) is 2.21. The number of hydrogen-bond donors (Lipinski definition) is 1. The fourth-order valence-corrected chi connectivity index (χ4v) is 6.00. The van der Waals surface area contributed by atoms with Crippen LogP contribution >= 0.6 is 24.6 Å². The number of ether oxygens (including phenoxy) is 1. The van der Waals surface area contributed by atoms with E-state index in [1.807, 2.05) is 0 Å². The summed E-state index contributed by atoms with van der Waals surface area (Å²) in [6, 6.07) is 7.56. The maximum absolute atomic E-state index is 5.72. The fourth-order valence-electron chi connectivity index (χ4n) is 5.66. The number of aryl methyl sites for hydroxylation is 1. The lowest BCUT2D eigenvalue weighted by atomic mass is 9.68. The first-order chi connectivity index (χ1) is 12.7. The molecular weight excluding hydrogens is 376 g/mol. The molecule has 3 aliphatic rings. The van der Waals surface area contributed by atoms with E-state index in [4.69, 9.17) is 17.0 Å². The number of likely N-dealkylation sites (tertiary alicyclic amines) is 1. The topological polar surface area (TPSA) is 24.5 Å². The van der Waals surface area contributed by atoms with Crippen LogP contribution in [0.25, 0.3) is 0 Å². The molecule has 1 aromatic rings. The zero-order valence-electron chi connectivity index (χ0n) is 16.6. The summed E-state index contributed by atoms with van der Waals surface area (Å²) in [7, 11) is 1.72. The first-order valence-electron chi connectivity index (χ1n) is 10.4. The van der Waals surface area contributed by atoms with Crippen molar-refractivity contribution in [3.05, 3.63) is 29.3 Å². The average Bonchev–Trinajstić information content (AvgIpc) is 3.08. The number of nitrogens with zero attached hydrogens (tertiary/aromatic N) is 1. The van der Waals surface area contributed by atoms with Crippen molar-refractivity contribution in [3.63, 3.8) is 0 Å². The van der Waals surface area contributed by atoms with Crippen molar-refractivity contribution in [3.8, 4) is 5.75 Å². The largest absolute Gasteiger partial charge is 0.496 e. The van der Waals surface area contributed by atoms with E-state index in [9.17, 15) is 0 Å². The van der Waals surface area contributed by atoms with Crippen LogP contribution < -0.4 is 10.1 Å². The molecule has 150 valence electrons. The Kier molecular flexibility index (Phi) is 7.04. The summed E-state index contributed by atoms with van der Waals surface area (Å²) < 4.78 is 5.54. The van der Waals surface area contributed by atoms with E-state index in [1.165, 1.54) is 57.1 Å². The highest BCUT2D eigenvalue weighted by Crippen LogP contribution is 2.43. The summed E-state index contributed by atoms with van der Waals surface area (Å²) in [5.74, 6) is 2.77. The molecule has 4 rings (SSSR count). The summed E-state index contributed by atoms with van der Waals surface area (Å²) in [6.45, 7) is 4.45. The van der Waals surface area contributed by atoms with E-state index in [0.717, 1.165) is 40.7 Å². The summed E-state index contributed by atoms with van der Waals surface area (Å²) in [6.07, 6.45) is 9.93. The first-order valence-corrected chi connectivity index (χ1v) is 10.8. The molecule has 2 bridgehead atoms. The van der Waals surface area contributed by atoms with E-state index in [0.29, 0.717) is 6.04 Å². The van der Waals surface area contributed by atoms with Crippen molar-refractivity contribution >= 4 is 29.6 Å². The zero-order chi connectivity index (χ0) is 18.1. The van der Waals surface area contributed by atoms with Gasteiger partial charge in [-0.2, -0.15) is 0 Å². The Morgan fingerprint density at radius 2 is 1.78 bits per heavy atom. The predicted octanol–water partition coefficient (Wildman–Crippen LogP) is 4.73.